The van der Waals surface area contributed by atoms with Crippen molar-refractivity contribution < 1.29 is 22.7 Å². The van der Waals surface area contributed by atoms with E-state index in [1.807, 2.05) is 0 Å². The van der Waals surface area contributed by atoms with Crippen molar-refractivity contribution in [1.82, 2.24) is 4.98 Å². The summed E-state index contributed by atoms with van der Waals surface area (Å²) in [6, 6.07) is 2.40. The highest BCUT2D eigenvalue weighted by atomic mass is 19.4. The van der Waals surface area contributed by atoms with Crippen LogP contribution in [0.25, 0.3) is 0 Å². The molecule has 0 saturated heterocycles. The summed E-state index contributed by atoms with van der Waals surface area (Å²) in [6.45, 7) is 0.527. The van der Waals surface area contributed by atoms with Crippen LogP contribution in [0.3, 0.4) is 0 Å². The van der Waals surface area contributed by atoms with Crippen LogP contribution in [0.5, 0.6) is 5.88 Å². The summed E-state index contributed by atoms with van der Waals surface area (Å²) in [5.41, 5.74) is -0.470. The second-order valence-electron chi connectivity index (χ2n) is 5.03. The fraction of sp³-hybridized carbons (Fsp3) is 0.571. The van der Waals surface area contributed by atoms with Gasteiger partial charge in [0.25, 0.3) is 5.78 Å². The van der Waals surface area contributed by atoms with Gasteiger partial charge in [0.15, 0.2) is 0 Å². The normalized spacial score (nSPS) is 16.9. The van der Waals surface area contributed by atoms with Crippen LogP contribution in [0.4, 0.5) is 13.2 Å². The molecule has 1 aliphatic carbocycles. The first-order chi connectivity index (χ1) is 9.47. The van der Waals surface area contributed by atoms with E-state index in [2.05, 4.69) is 4.98 Å². The fourth-order valence-electron chi connectivity index (χ4n) is 2.32. The number of pyridine rings is 1. The van der Waals surface area contributed by atoms with Gasteiger partial charge in [0, 0.05) is 17.8 Å². The number of alkyl halides is 3. The summed E-state index contributed by atoms with van der Waals surface area (Å²) < 4.78 is 42.1. The number of aromatic nitrogens is 1. The van der Waals surface area contributed by atoms with E-state index in [9.17, 15) is 18.0 Å². The van der Waals surface area contributed by atoms with Gasteiger partial charge in [-0.2, -0.15) is 13.2 Å². The topological polar surface area (TPSA) is 39.2 Å². The van der Waals surface area contributed by atoms with Crippen molar-refractivity contribution in [2.45, 2.75) is 38.3 Å². The van der Waals surface area contributed by atoms with Gasteiger partial charge in [0.1, 0.15) is 0 Å². The Balaban J connectivity index is 1.89. The van der Waals surface area contributed by atoms with E-state index in [4.69, 9.17) is 4.74 Å². The summed E-state index contributed by atoms with van der Waals surface area (Å²) in [6.07, 6.45) is 1.91. The molecule has 0 atom stereocenters. The minimum atomic E-state index is -4.87. The molecule has 1 fully saturated rings. The quantitative estimate of drug-likeness (QED) is 0.791. The Bertz CT molecular complexity index is 450. The van der Waals surface area contributed by atoms with Gasteiger partial charge in [-0.25, -0.2) is 4.98 Å². The Hall–Kier alpha value is -1.59. The Morgan fingerprint density at radius 2 is 1.95 bits per heavy atom. The first-order valence-electron chi connectivity index (χ1n) is 6.67. The number of hydrogen-bond donors (Lipinski definition) is 0. The minimum absolute atomic E-state index is 0.259. The molecule has 3 nitrogen and oxygen atoms in total. The standard InChI is InChI=1S/C14H16F3NO2/c15-14(16,17)13(19)11-6-7-12(18-8-11)20-9-10-4-2-1-3-5-10/h6-8,10H,1-5,9H2. The highest BCUT2D eigenvalue weighted by Gasteiger charge is 2.39. The second kappa shape index (κ2) is 6.24. The van der Waals surface area contributed by atoms with Gasteiger partial charge >= 0.3 is 6.18 Å². The van der Waals surface area contributed by atoms with Crippen LogP contribution in [-0.2, 0) is 0 Å². The smallest absolute Gasteiger partial charge is 0.454 e. The molecule has 1 aromatic heterocycles. The van der Waals surface area contributed by atoms with E-state index in [1.165, 1.54) is 25.3 Å². The molecule has 0 radical (unpaired) electrons. The Kier molecular flexibility index (Phi) is 4.62. The van der Waals surface area contributed by atoms with E-state index < -0.39 is 17.5 Å². The lowest BCUT2D eigenvalue weighted by Crippen LogP contribution is -2.22. The molecular weight excluding hydrogens is 271 g/mol. The lowest BCUT2D eigenvalue weighted by Gasteiger charge is -2.21. The average molecular weight is 287 g/mol. The van der Waals surface area contributed by atoms with Crippen LogP contribution in [0, 0.1) is 5.92 Å². The maximum absolute atomic E-state index is 12.2. The number of ether oxygens (including phenoxy) is 1. The molecule has 0 spiro atoms. The first kappa shape index (κ1) is 14.8. The maximum Gasteiger partial charge on any atom is 0.454 e. The number of carbonyl (C=O) groups is 1. The molecule has 0 aliphatic heterocycles. The molecule has 6 heteroatoms. The van der Waals surface area contributed by atoms with Crippen LogP contribution in [0.2, 0.25) is 0 Å². The van der Waals surface area contributed by atoms with Crippen LogP contribution >= 0.6 is 0 Å². The molecule has 2 rings (SSSR count). The zero-order chi connectivity index (χ0) is 14.6. The first-order valence-corrected chi connectivity index (χ1v) is 6.67. The molecule has 0 unspecified atom stereocenters. The zero-order valence-corrected chi connectivity index (χ0v) is 10.9. The Morgan fingerprint density at radius 3 is 2.50 bits per heavy atom. The summed E-state index contributed by atoms with van der Waals surface area (Å²) in [5.74, 6) is -1.14. The van der Waals surface area contributed by atoms with E-state index in [1.54, 1.807) is 0 Å². The molecule has 0 N–H and O–H groups in total. The highest BCUT2D eigenvalue weighted by Crippen LogP contribution is 2.25. The number of rotatable bonds is 4. The summed E-state index contributed by atoms with van der Waals surface area (Å²) in [5, 5.41) is 0. The predicted octanol–water partition coefficient (Wildman–Crippen LogP) is 3.79. The van der Waals surface area contributed by atoms with Crippen LogP contribution in [0.1, 0.15) is 42.5 Å². The van der Waals surface area contributed by atoms with Gasteiger partial charge in [-0.1, -0.05) is 19.3 Å². The molecule has 110 valence electrons. The molecule has 0 aromatic carbocycles. The van der Waals surface area contributed by atoms with Crippen molar-refractivity contribution in [3.8, 4) is 5.88 Å². The van der Waals surface area contributed by atoms with Gasteiger partial charge in [-0.05, 0) is 24.8 Å². The zero-order valence-electron chi connectivity index (χ0n) is 10.9. The van der Waals surface area contributed by atoms with Gasteiger partial charge in [-0.15, -0.1) is 0 Å². The van der Waals surface area contributed by atoms with Crippen molar-refractivity contribution in [3.63, 3.8) is 0 Å². The number of nitrogens with zero attached hydrogens (tertiary/aromatic N) is 1. The number of Topliss-reactive ketones (excluding diaryl/α,β-unsaturated/α-hetero) is 1. The molecule has 1 heterocycles. The lowest BCUT2D eigenvalue weighted by atomic mass is 9.90. The van der Waals surface area contributed by atoms with Gasteiger partial charge < -0.3 is 4.74 Å². The number of hydrogen-bond acceptors (Lipinski definition) is 3. The third-order valence-electron chi connectivity index (χ3n) is 3.45. The number of halogens is 3. The summed E-state index contributed by atoms with van der Waals surface area (Å²) in [7, 11) is 0. The van der Waals surface area contributed by atoms with Crippen LogP contribution in [0.15, 0.2) is 18.3 Å². The van der Waals surface area contributed by atoms with Crippen molar-refractivity contribution in [2.75, 3.05) is 6.61 Å². The summed E-state index contributed by atoms with van der Waals surface area (Å²) >= 11 is 0. The molecule has 1 aromatic rings. The van der Waals surface area contributed by atoms with Crippen molar-refractivity contribution in [3.05, 3.63) is 23.9 Å². The molecular formula is C14H16F3NO2. The van der Waals surface area contributed by atoms with Gasteiger partial charge in [0.05, 0.1) is 6.61 Å². The lowest BCUT2D eigenvalue weighted by molar-refractivity contribution is -0.0885. The molecule has 0 bridgehead atoms. The fourth-order valence-corrected chi connectivity index (χ4v) is 2.32. The van der Waals surface area contributed by atoms with Crippen molar-refractivity contribution >= 4 is 5.78 Å². The van der Waals surface area contributed by atoms with Gasteiger partial charge in [-0.3, -0.25) is 4.79 Å². The highest BCUT2D eigenvalue weighted by molar-refractivity contribution is 5.99. The third-order valence-corrected chi connectivity index (χ3v) is 3.45. The minimum Gasteiger partial charge on any atom is -0.477 e. The number of carbonyl (C=O) groups excluding carboxylic acids is 1. The van der Waals surface area contributed by atoms with E-state index in [-0.39, 0.29) is 5.88 Å². The van der Waals surface area contributed by atoms with Crippen molar-refractivity contribution in [1.29, 1.82) is 0 Å². The van der Waals surface area contributed by atoms with Crippen LogP contribution in [-0.4, -0.2) is 23.6 Å². The Morgan fingerprint density at radius 1 is 1.25 bits per heavy atom. The molecule has 0 amide bonds. The monoisotopic (exact) mass is 287 g/mol. The predicted molar refractivity (Wildman–Crippen MR) is 66.7 cm³/mol. The largest absolute Gasteiger partial charge is 0.477 e. The molecule has 1 aliphatic rings. The van der Waals surface area contributed by atoms with E-state index >= 15 is 0 Å². The maximum atomic E-state index is 12.2. The molecule has 1 saturated carbocycles. The molecule has 20 heavy (non-hydrogen) atoms. The van der Waals surface area contributed by atoms with Crippen LogP contribution < -0.4 is 4.74 Å². The van der Waals surface area contributed by atoms with Gasteiger partial charge in [0.2, 0.25) is 5.88 Å². The average Bonchev–Trinajstić information content (AvgIpc) is 2.45. The third kappa shape index (κ3) is 3.95. The van der Waals surface area contributed by atoms with Crippen molar-refractivity contribution in [2.24, 2.45) is 5.92 Å². The van der Waals surface area contributed by atoms with E-state index in [0.29, 0.717) is 12.5 Å². The summed E-state index contributed by atoms with van der Waals surface area (Å²) in [4.78, 5) is 14.7. The Labute approximate surface area is 115 Å². The van der Waals surface area contributed by atoms with E-state index in [0.717, 1.165) is 25.1 Å². The number of ketones is 1. The second-order valence-corrected chi connectivity index (χ2v) is 5.03. The SMILES string of the molecule is O=C(c1ccc(OCC2CCCCC2)nc1)C(F)(F)F.